The number of amides is 1. The Kier molecular flexibility index (Phi) is 3.42. The zero-order valence-corrected chi connectivity index (χ0v) is 11.4. The predicted octanol–water partition coefficient (Wildman–Crippen LogP) is 2.29. The van der Waals surface area contributed by atoms with Gasteiger partial charge in [-0.15, -0.1) is 15.0 Å². The van der Waals surface area contributed by atoms with Gasteiger partial charge in [-0.25, -0.2) is 0 Å². The van der Waals surface area contributed by atoms with Gasteiger partial charge in [0.05, 0.1) is 5.69 Å². The van der Waals surface area contributed by atoms with Crippen molar-refractivity contribution < 1.29 is 4.79 Å². The van der Waals surface area contributed by atoms with Crippen LogP contribution in [0, 0.1) is 0 Å². The Morgan fingerprint density at radius 1 is 1.05 bits per heavy atom. The molecule has 3 aromatic rings. The number of hydrogen-bond donors (Lipinski definition) is 1. The van der Waals surface area contributed by atoms with Gasteiger partial charge in [0.1, 0.15) is 0 Å². The third-order valence-corrected chi connectivity index (χ3v) is 2.86. The van der Waals surface area contributed by atoms with E-state index in [2.05, 4.69) is 20.7 Å². The van der Waals surface area contributed by atoms with Crippen LogP contribution < -0.4 is 5.32 Å². The quantitative estimate of drug-likeness (QED) is 0.798. The van der Waals surface area contributed by atoms with Crippen molar-refractivity contribution in [2.45, 2.75) is 6.92 Å². The number of nitrogens with zero attached hydrogens (tertiary/aromatic N) is 4. The Hall–Kier alpha value is -3.02. The van der Waals surface area contributed by atoms with E-state index in [1.807, 2.05) is 42.5 Å². The second-order valence-corrected chi connectivity index (χ2v) is 4.50. The molecule has 104 valence electrons. The number of carbonyl (C=O) groups excluding carboxylic acids is 1. The molecular formula is C15H13N5O. The molecule has 0 unspecified atom stereocenters. The highest BCUT2D eigenvalue weighted by Crippen LogP contribution is 2.17. The molecule has 1 N–H and O–H groups in total. The van der Waals surface area contributed by atoms with E-state index < -0.39 is 0 Å². The standard InChI is InChI=1S/C15H13N5O/c1-11(21)16-13-9-7-12(8-10-13)15-17-19-20(18-15)14-5-3-2-4-6-14/h2-10H,1H3,(H,16,21). The topological polar surface area (TPSA) is 72.7 Å². The lowest BCUT2D eigenvalue weighted by molar-refractivity contribution is -0.114. The van der Waals surface area contributed by atoms with Crippen LogP contribution in [0.15, 0.2) is 54.6 Å². The molecule has 21 heavy (non-hydrogen) atoms. The van der Waals surface area contributed by atoms with Crippen LogP contribution in [-0.2, 0) is 4.79 Å². The Morgan fingerprint density at radius 2 is 1.76 bits per heavy atom. The van der Waals surface area contributed by atoms with E-state index in [0.29, 0.717) is 5.82 Å². The predicted molar refractivity (Wildman–Crippen MR) is 78.9 cm³/mol. The highest BCUT2D eigenvalue weighted by Gasteiger charge is 2.07. The number of para-hydroxylation sites is 1. The monoisotopic (exact) mass is 279 g/mol. The first-order chi connectivity index (χ1) is 10.2. The van der Waals surface area contributed by atoms with Gasteiger partial charge in [-0.1, -0.05) is 18.2 Å². The van der Waals surface area contributed by atoms with E-state index in [-0.39, 0.29) is 5.91 Å². The van der Waals surface area contributed by atoms with Crippen molar-refractivity contribution >= 4 is 11.6 Å². The summed E-state index contributed by atoms with van der Waals surface area (Å²) in [6, 6.07) is 16.9. The van der Waals surface area contributed by atoms with Crippen molar-refractivity contribution in [1.29, 1.82) is 0 Å². The lowest BCUT2D eigenvalue weighted by Crippen LogP contribution is -2.05. The number of carbonyl (C=O) groups is 1. The Balaban J connectivity index is 1.85. The molecule has 1 amide bonds. The number of rotatable bonds is 3. The summed E-state index contributed by atoms with van der Waals surface area (Å²) in [4.78, 5) is 12.5. The van der Waals surface area contributed by atoms with Crippen LogP contribution in [0.3, 0.4) is 0 Å². The zero-order chi connectivity index (χ0) is 14.7. The van der Waals surface area contributed by atoms with Gasteiger partial charge in [0.15, 0.2) is 0 Å². The number of aromatic nitrogens is 4. The summed E-state index contributed by atoms with van der Waals surface area (Å²) in [6.07, 6.45) is 0. The lowest BCUT2D eigenvalue weighted by atomic mass is 10.2. The molecular weight excluding hydrogens is 266 g/mol. The zero-order valence-electron chi connectivity index (χ0n) is 11.4. The number of anilines is 1. The van der Waals surface area contributed by atoms with Crippen LogP contribution in [0.2, 0.25) is 0 Å². The number of benzene rings is 2. The van der Waals surface area contributed by atoms with Gasteiger partial charge in [-0.3, -0.25) is 4.79 Å². The van der Waals surface area contributed by atoms with E-state index in [0.717, 1.165) is 16.9 Å². The van der Waals surface area contributed by atoms with Crippen molar-refractivity contribution in [3.05, 3.63) is 54.6 Å². The summed E-state index contributed by atoms with van der Waals surface area (Å²) in [6.45, 7) is 1.47. The molecule has 0 fully saturated rings. The van der Waals surface area contributed by atoms with Crippen molar-refractivity contribution in [3.8, 4) is 17.1 Å². The van der Waals surface area contributed by atoms with Gasteiger partial charge < -0.3 is 5.32 Å². The fraction of sp³-hybridized carbons (Fsp3) is 0.0667. The molecule has 1 heterocycles. The van der Waals surface area contributed by atoms with E-state index >= 15 is 0 Å². The second-order valence-electron chi connectivity index (χ2n) is 4.50. The second kappa shape index (κ2) is 5.54. The first-order valence-electron chi connectivity index (χ1n) is 6.46. The third kappa shape index (κ3) is 2.94. The molecule has 0 aliphatic carbocycles. The van der Waals surface area contributed by atoms with E-state index in [9.17, 15) is 4.79 Å². The summed E-state index contributed by atoms with van der Waals surface area (Å²) in [5.41, 5.74) is 2.43. The van der Waals surface area contributed by atoms with E-state index in [1.54, 1.807) is 12.1 Å². The molecule has 0 aliphatic heterocycles. The minimum absolute atomic E-state index is 0.101. The average Bonchev–Trinajstić information content (AvgIpc) is 2.98. The smallest absolute Gasteiger partial charge is 0.221 e. The molecule has 6 nitrogen and oxygen atoms in total. The minimum Gasteiger partial charge on any atom is -0.326 e. The molecule has 6 heteroatoms. The molecule has 0 radical (unpaired) electrons. The molecule has 0 spiro atoms. The first-order valence-corrected chi connectivity index (χ1v) is 6.46. The largest absolute Gasteiger partial charge is 0.326 e. The highest BCUT2D eigenvalue weighted by molar-refractivity contribution is 5.88. The summed E-state index contributed by atoms with van der Waals surface area (Å²) >= 11 is 0. The number of hydrogen-bond acceptors (Lipinski definition) is 4. The van der Waals surface area contributed by atoms with Crippen molar-refractivity contribution in [3.63, 3.8) is 0 Å². The van der Waals surface area contributed by atoms with Gasteiger partial charge in [0, 0.05) is 18.2 Å². The Labute approximate surface area is 121 Å². The maximum Gasteiger partial charge on any atom is 0.221 e. The Bertz CT molecular complexity index is 749. The SMILES string of the molecule is CC(=O)Nc1ccc(-c2nnn(-c3ccccc3)n2)cc1. The van der Waals surface area contributed by atoms with Crippen LogP contribution in [0.4, 0.5) is 5.69 Å². The van der Waals surface area contributed by atoms with Gasteiger partial charge in [-0.05, 0) is 41.6 Å². The average molecular weight is 279 g/mol. The fourth-order valence-electron chi connectivity index (χ4n) is 1.91. The van der Waals surface area contributed by atoms with Crippen LogP contribution in [-0.4, -0.2) is 26.1 Å². The van der Waals surface area contributed by atoms with Crippen molar-refractivity contribution in [2.24, 2.45) is 0 Å². The lowest BCUT2D eigenvalue weighted by Gasteiger charge is -2.01. The van der Waals surface area contributed by atoms with Gasteiger partial charge in [0.2, 0.25) is 11.7 Å². The molecule has 1 aromatic heterocycles. The molecule has 2 aromatic carbocycles. The molecule has 3 rings (SSSR count). The molecule has 0 bridgehead atoms. The van der Waals surface area contributed by atoms with Crippen LogP contribution in [0.25, 0.3) is 17.1 Å². The van der Waals surface area contributed by atoms with Gasteiger partial charge in [0.25, 0.3) is 0 Å². The molecule has 0 aliphatic rings. The van der Waals surface area contributed by atoms with Crippen LogP contribution in [0.5, 0.6) is 0 Å². The van der Waals surface area contributed by atoms with Crippen molar-refractivity contribution in [2.75, 3.05) is 5.32 Å². The van der Waals surface area contributed by atoms with Gasteiger partial charge in [-0.2, -0.15) is 0 Å². The fourth-order valence-corrected chi connectivity index (χ4v) is 1.91. The normalized spacial score (nSPS) is 10.3. The summed E-state index contributed by atoms with van der Waals surface area (Å²) in [5.74, 6) is 0.434. The van der Waals surface area contributed by atoms with Crippen LogP contribution >= 0.6 is 0 Å². The molecule has 0 saturated carbocycles. The minimum atomic E-state index is -0.101. The summed E-state index contributed by atoms with van der Waals surface area (Å²) < 4.78 is 0. The number of nitrogens with one attached hydrogen (secondary N) is 1. The van der Waals surface area contributed by atoms with Crippen molar-refractivity contribution in [1.82, 2.24) is 20.2 Å². The highest BCUT2D eigenvalue weighted by atomic mass is 16.1. The number of tetrazole rings is 1. The third-order valence-electron chi connectivity index (χ3n) is 2.86. The van der Waals surface area contributed by atoms with Gasteiger partial charge >= 0.3 is 0 Å². The maximum absolute atomic E-state index is 11.0. The molecule has 0 atom stereocenters. The first kappa shape index (κ1) is 13.0. The summed E-state index contributed by atoms with van der Waals surface area (Å²) in [7, 11) is 0. The molecule has 0 saturated heterocycles. The van der Waals surface area contributed by atoms with E-state index in [1.165, 1.54) is 11.7 Å². The van der Waals surface area contributed by atoms with Crippen LogP contribution in [0.1, 0.15) is 6.92 Å². The van der Waals surface area contributed by atoms with E-state index in [4.69, 9.17) is 0 Å². The summed E-state index contributed by atoms with van der Waals surface area (Å²) in [5, 5.41) is 15.1. The Morgan fingerprint density at radius 3 is 2.43 bits per heavy atom. The maximum atomic E-state index is 11.0.